The van der Waals surface area contributed by atoms with E-state index in [0.29, 0.717) is 11.7 Å². The summed E-state index contributed by atoms with van der Waals surface area (Å²) in [4.78, 5) is 4.15. The van der Waals surface area contributed by atoms with Crippen molar-refractivity contribution >= 4 is 22.3 Å². The highest BCUT2D eigenvalue weighted by molar-refractivity contribution is 5.91. The number of rotatable bonds is 2. The quantitative estimate of drug-likeness (QED) is 0.753. The zero-order valence-electron chi connectivity index (χ0n) is 13.3. The summed E-state index contributed by atoms with van der Waals surface area (Å²) in [5.74, 6) is 1.23. The first-order chi connectivity index (χ1) is 11.2. The van der Waals surface area contributed by atoms with Gasteiger partial charge in [0.25, 0.3) is 0 Å². The van der Waals surface area contributed by atoms with Gasteiger partial charge in [0.05, 0.1) is 0 Å². The molecule has 1 unspecified atom stereocenters. The van der Waals surface area contributed by atoms with Gasteiger partial charge < -0.3 is 11.1 Å². The molecule has 1 aliphatic heterocycles. The molecular formula is C20H21N3. The van der Waals surface area contributed by atoms with Crippen molar-refractivity contribution in [2.24, 2.45) is 5.92 Å². The summed E-state index contributed by atoms with van der Waals surface area (Å²) >= 11 is 0. The number of nitrogens with two attached hydrogens (primary N) is 1. The topological polar surface area (TPSA) is 50.9 Å². The average Bonchev–Trinajstić information content (AvgIpc) is 2.54. The lowest BCUT2D eigenvalue weighted by Gasteiger charge is -2.26. The Kier molecular flexibility index (Phi) is 3.41. The van der Waals surface area contributed by atoms with E-state index >= 15 is 0 Å². The zero-order valence-corrected chi connectivity index (χ0v) is 13.3. The summed E-state index contributed by atoms with van der Waals surface area (Å²) in [5.41, 5.74) is 11.4. The Balaban J connectivity index is 1.57. The van der Waals surface area contributed by atoms with Crippen molar-refractivity contribution in [2.45, 2.75) is 19.8 Å². The maximum absolute atomic E-state index is 5.94. The van der Waals surface area contributed by atoms with Crippen LogP contribution in [0.3, 0.4) is 0 Å². The Morgan fingerprint density at radius 2 is 2.09 bits per heavy atom. The standard InChI is InChI=1S/C20H21N3/c1-13-2-5-19-17(8-13)11-15(12-23-19)9-14-3-4-18-16(10-14)6-7-22-20(18)21/h2-8,10,15,23H,9,11-12H2,1H3,(H2,21,22). The molecule has 3 N–H and O–H groups in total. The molecule has 116 valence electrons. The number of nitrogen functional groups attached to an aromatic ring is 1. The van der Waals surface area contributed by atoms with Crippen LogP contribution >= 0.6 is 0 Å². The molecule has 3 nitrogen and oxygen atoms in total. The zero-order chi connectivity index (χ0) is 15.8. The van der Waals surface area contributed by atoms with Crippen LogP contribution in [0.25, 0.3) is 10.8 Å². The molecule has 0 amide bonds. The number of nitrogens with zero attached hydrogens (tertiary/aromatic N) is 1. The number of aryl methyl sites for hydroxylation is 1. The van der Waals surface area contributed by atoms with Crippen LogP contribution in [0.2, 0.25) is 0 Å². The first kappa shape index (κ1) is 14.1. The Bertz CT molecular complexity index is 870. The van der Waals surface area contributed by atoms with Gasteiger partial charge in [0, 0.05) is 23.8 Å². The minimum absolute atomic E-state index is 0.609. The SMILES string of the molecule is Cc1ccc2c(c1)CC(Cc1ccc3c(N)nccc3c1)CN2. The number of anilines is 2. The highest BCUT2D eigenvalue weighted by Crippen LogP contribution is 2.28. The fraction of sp³-hybridized carbons (Fsp3) is 0.250. The Hall–Kier alpha value is -2.55. The van der Waals surface area contributed by atoms with Crippen LogP contribution in [0.4, 0.5) is 11.5 Å². The van der Waals surface area contributed by atoms with E-state index in [-0.39, 0.29) is 0 Å². The van der Waals surface area contributed by atoms with Gasteiger partial charge in [-0.25, -0.2) is 4.98 Å². The molecule has 1 atom stereocenters. The van der Waals surface area contributed by atoms with Gasteiger partial charge in [0.15, 0.2) is 0 Å². The molecule has 0 saturated carbocycles. The maximum Gasteiger partial charge on any atom is 0.131 e. The van der Waals surface area contributed by atoms with E-state index in [4.69, 9.17) is 5.73 Å². The van der Waals surface area contributed by atoms with E-state index in [9.17, 15) is 0 Å². The van der Waals surface area contributed by atoms with Gasteiger partial charge in [-0.3, -0.25) is 0 Å². The second kappa shape index (κ2) is 5.58. The normalized spacial score (nSPS) is 16.8. The molecule has 2 aromatic carbocycles. The van der Waals surface area contributed by atoms with E-state index < -0.39 is 0 Å². The fourth-order valence-corrected chi connectivity index (χ4v) is 3.56. The van der Waals surface area contributed by atoms with E-state index in [2.05, 4.69) is 53.6 Å². The van der Waals surface area contributed by atoms with Gasteiger partial charge in [0.1, 0.15) is 5.82 Å². The number of pyridine rings is 1. The minimum atomic E-state index is 0.609. The van der Waals surface area contributed by atoms with Crippen LogP contribution in [-0.4, -0.2) is 11.5 Å². The van der Waals surface area contributed by atoms with Gasteiger partial charge in [-0.1, -0.05) is 35.9 Å². The van der Waals surface area contributed by atoms with Crippen molar-refractivity contribution in [2.75, 3.05) is 17.6 Å². The number of benzene rings is 2. The Morgan fingerprint density at radius 3 is 3.00 bits per heavy atom. The molecule has 0 spiro atoms. The van der Waals surface area contributed by atoms with Crippen molar-refractivity contribution < 1.29 is 0 Å². The third kappa shape index (κ3) is 2.74. The van der Waals surface area contributed by atoms with E-state index in [1.54, 1.807) is 6.20 Å². The molecule has 23 heavy (non-hydrogen) atoms. The molecule has 4 rings (SSSR count). The second-order valence-electron chi connectivity index (χ2n) is 6.57. The van der Waals surface area contributed by atoms with Crippen LogP contribution in [0.15, 0.2) is 48.7 Å². The molecular weight excluding hydrogens is 282 g/mol. The van der Waals surface area contributed by atoms with Gasteiger partial charge in [-0.05, 0) is 54.3 Å². The predicted molar refractivity (Wildman–Crippen MR) is 96.7 cm³/mol. The maximum atomic E-state index is 5.94. The van der Waals surface area contributed by atoms with Crippen molar-refractivity contribution in [1.29, 1.82) is 0 Å². The van der Waals surface area contributed by atoms with Gasteiger partial charge >= 0.3 is 0 Å². The van der Waals surface area contributed by atoms with E-state index in [0.717, 1.165) is 24.8 Å². The molecule has 0 fully saturated rings. The molecule has 3 heteroatoms. The van der Waals surface area contributed by atoms with Gasteiger partial charge in [-0.15, -0.1) is 0 Å². The summed E-state index contributed by atoms with van der Waals surface area (Å²) in [6.07, 6.45) is 4.00. The Labute approximate surface area is 136 Å². The highest BCUT2D eigenvalue weighted by Gasteiger charge is 2.18. The third-order valence-electron chi connectivity index (χ3n) is 4.73. The smallest absolute Gasteiger partial charge is 0.131 e. The van der Waals surface area contributed by atoms with Crippen LogP contribution in [0.5, 0.6) is 0 Å². The van der Waals surface area contributed by atoms with E-state index in [1.807, 2.05) is 6.07 Å². The summed E-state index contributed by atoms with van der Waals surface area (Å²) in [5, 5.41) is 5.79. The van der Waals surface area contributed by atoms with Crippen LogP contribution in [0, 0.1) is 12.8 Å². The summed E-state index contributed by atoms with van der Waals surface area (Å²) < 4.78 is 0. The monoisotopic (exact) mass is 303 g/mol. The molecule has 1 aliphatic rings. The van der Waals surface area contributed by atoms with Crippen LogP contribution in [0.1, 0.15) is 16.7 Å². The van der Waals surface area contributed by atoms with E-state index in [1.165, 1.54) is 27.8 Å². The largest absolute Gasteiger partial charge is 0.385 e. The lowest BCUT2D eigenvalue weighted by atomic mass is 9.88. The molecule has 0 saturated heterocycles. The first-order valence-electron chi connectivity index (χ1n) is 8.15. The third-order valence-corrected chi connectivity index (χ3v) is 4.73. The van der Waals surface area contributed by atoms with Crippen molar-refractivity contribution in [3.63, 3.8) is 0 Å². The van der Waals surface area contributed by atoms with Crippen molar-refractivity contribution in [3.05, 3.63) is 65.4 Å². The summed E-state index contributed by atoms with van der Waals surface area (Å²) in [6.45, 7) is 3.19. The van der Waals surface area contributed by atoms with Crippen LogP contribution in [-0.2, 0) is 12.8 Å². The average molecular weight is 303 g/mol. The number of fused-ring (bicyclic) bond motifs is 2. The first-order valence-corrected chi connectivity index (χ1v) is 8.15. The number of hydrogen-bond acceptors (Lipinski definition) is 3. The number of aromatic nitrogens is 1. The highest BCUT2D eigenvalue weighted by atomic mass is 14.9. The molecule has 0 bridgehead atoms. The second-order valence-corrected chi connectivity index (χ2v) is 6.57. The van der Waals surface area contributed by atoms with Gasteiger partial charge in [-0.2, -0.15) is 0 Å². The lowest BCUT2D eigenvalue weighted by molar-refractivity contribution is 0.535. The Morgan fingerprint density at radius 1 is 1.17 bits per heavy atom. The number of hydrogen-bond donors (Lipinski definition) is 2. The summed E-state index contributed by atoms with van der Waals surface area (Å²) in [6, 6.07) is 15.3. The van der Waals surface area contributed by atoms with Crippen LogP contribution < -0.4 is 11.1 Å². The summed E-state index contributed by atoms with van der Waals surface area (Å²) in [7, 11) is 0. The minimum Gasteiger partial charge on any atom is -0.385 e. The fourth-order valence-electron chi connectivity index (χ4n) is 3.56. The molecule has 1 aromatic heterocycles. The molecule has 0 radical (unpaired) electrons. The molecule has 3 aromatic rings. The molecule has 2 heterocycles. The molecule has 0 aliphatic carbocycles. The van der Waals surface area contributed by atoms with Gasteiger partial charge in [0.2, 0.25) is 0 Å². The van der Waals surface area contributed by atoms with Crippen molar-refractivity contribution in [3.8, 4) is 0 Å². The predicted octanol–water partition coefficient (Wildman–Crippen LogP) is 3.95. The number of nitrogens with one attached hydrogen (secondary N) is 1. The lowest BCUT2D eigenvalue weighted by Crippen LogP contribution is -2.24. The van der Waals surface area contributed by atoms with Crippen molar-refractivity contribution in [1.82, 2.24) is 4.98 Å².